The predicted octanol–water partition coefficient (Wildman–Crippen LogP) is 2.86. The first kappa shape index (κ1) is 13.5. The van der Waals surface area contributed by atoms with E-state index in [0.717, 1.165) is 18.9 Å². The second-order valence-corrected chi connectivity index (χ2v) is 4.90. The highest BCUT2D eigenvalue weighted by molar-refractivity contribution is 5.93. The molecule has 19 heavy (non-hydrogen) atoms. The number of halogens is 1. The maximum atomic E-state index is 13.2. The fourth-order valence-electron chi connectivity index (χ4n) is 2.32. The van der Waals surface area contributed by atoms with Crippen LogP contribution in [0.4, 0.5) is 10.2 Å². The Balaban J connectivity index is 2.26. The first-order chi connectivity index (χ1) is 8.99. The van der Waals surface area contributed by atoms with Crippen LogP contribution in [0.3, 0.4) is 0 Å². The largest absolute Gasteiger partial charge is 0.478 e. The fourth-order valence-corrected chi connectivity index (χ4v) is 2.32. The smallest absolute Gasteiger partial charge is 0.339 e. The third-order valence-electron chi connectivity index (χ3n) is 3.45. The number of carbonyl (C=O) groups is 1. The van der Waals surface area contributed by atoms with Crippen LogP contribution in [-0.4, -0.2) is 29.1 Å². The lowest BCUT2D eigenvalue weighted by molar-refractivity contribution is 0.0697. The number of aromatic nitrogens is 1. The standard InChI is InChI=1S/C14H17FN2O2/c1-9(2)10-5-7-17(8-6-10)13-11(14(18)19)3-4-12(15)16-13/h3-4H,5-8H2,1-2H3,(H,18,19). The van der Waals surface area contributed by atoms with Gasteiger partial charge in [0.2, 0.25) is 5.95 Å². The van der Waals surface area contributed by atoms with E-state index in [4.69, 9.17) is 5.11 Å². The summed E-state index contributed by atoms with van der Waals surface area (Å²) in [5.41, 5.74) is 2.76. The van der Waals surface area contributed by atoms with Crippen LogP contribution < -0.4 is 4.90 Å². The van der Waals surface area contributed by atoms with Crippen molar-refractivity contribution in [3.05, 3.63) is 34.8 Å². The molecule has 0 amide bonds. The van der Waals surface area contributed by atoms with Crippen molar-refractivity contribution >= 4 is 11.8 Å². The molecule has 1 aromatic rings. The fraction of sp³-hybridized carbons (Fsp3) is 0.429. The molecule has 0 radical (unpaired) electrons. The van der Waals surface area contributed by atoms with Gasteiger partial charge in [0.1, 0.15) is 11.4 Å². The van der Waals surface area contributed by atoms with Gasteiger partial charge in [0.05, 0.1) is 0 Å². The number of piperidine rings is 1. The van der Waals surface area contributed by atoms with E-state index in [9.17, 15) is 9.18 Å². The van der Waals surface area contributed by atoms with Crippen LogP contribution in [0.25, 0.3) is 0 Å². The number of allylic oxidation sites excluding steroid dienone is 1. The van der Waals surface area contributed by atoms with Crippen LogP contribution in [0, 0.1) is 5.95 Å². The lowest BCUT2D eigenvalue weighted by atomic mass is 9.99. The number of anilines is 1. The van der Waals surface area contributed by atoms with Crippen molar-refractivity contribution in [1.29, 1.82) is 0 Å². The number of hydrogen-bond acceptors (Lipinski definition) is 3. The molecule has 0 aliphatic carbocycles. The topological polar surface area (TPSA) is 53.4 Å². The number of nitrogens with zero attached hydrogens (tertiary/aromatic N) is 2. The van der Waals surface area contributed by atoms with Gasteiger partial charge in [0.15, 0.2) is 0 Å². The quantitative estimate of drug-likeness (QED) is 0.659. The molecule has 0 bridgehead atoms. The zero-order valence-corrected chi connectivity index (χ0v) is 11.1. The molecule has 2 rings (SSSR count). The zero-order chi connectivity index (χ0) is 14.0. The maximum absolute atomic E-state index is 13.2. The van der Waals surface area contributed by atoms with Gasteiger partial charge in [0, 0.05) is 13.1 Å². The monoisotopic (exact) mass is 264 g/mol. The molecule has 0 saturated carbocycles. The molecular weight excluding hydrogens is 247 g/mol. The molecule has 0 unspecified atom stereocenters. The van der Waals surface area contributed by atoms with Gasteiger partial charge in [-0.25, -0.2) is 9.78 Å². The Morgan fingerprint density at radius 1 is 1.32 bits per heavy atom. The van der Waals surface area contributed by atoms with E-state index >= 15 is 0 Å². The van der Waals surface area contributed by atoms with E-state index in [-0.39, 0.29) is 11.4 Å². The first-order valence-corrected chi connectivity index (χ1v) is 6.29. The number of carboxylic acids is 1. The molecule has 0 atom stereocenters. The summed E-state index contributed by atoms with van der Waals surface area (Å²) in [6.45, 7) is 5.51. The zero-order valence-electron chi connectivity index (χ0n) is 11.1. The van der Waals surface area contributed by atoms with Gasteiger partial charge in [-0.1, -0.05) is 11.1 Å². The SMILES string of the molecule is CC(C)=C1CCN(c2nc(F)ccc2C(=O)O)CC1. The second-order valence-electron chi connectivity index (χ2n) is 4.90. The van der Waals surface area contributed by atoms with Crippen LogP contribution in [-0.2, 0) is 0 Å². The number of carboxylic acid groups (broad SMARTS) is 1. The summed E-state index contributed by atoms with van der Waals surface area (Å²) in [6.07, 6.45) is 1.75. The Hall–Kier alpha value is -1.91. The average molecular weight is 264 g/mol. The van der Waals surface area contributed by atoms with Crippen molar-refractivity contribution in [3.63, 3.8) is 0 Å². The van der Waals surface area contributed by atoms with Crippen molar-refractivity contribution in [2.45, 2.75) is 26.7 Å². The van der Waals surface area contributed by atoms with Crippen LogP contribution in [0.5, 0.6) is 0 Å². The van der Waals surface area contributed by atoms with Crippen molar-refractivity contribution < 1.29 is 14.3 Å². The normalized spacial score (nSPS) is 15.5. The Labute approximate surface area is 111 Å². The van der Waals surface area contributed by atoms with E-state index in [1.54, 1.807) is 0 Å². The summed E-state index contributed by atoms with van der Waals surface area (Å²) in [5, 5.41) is 9.13. The minimum atomic E-state index is -1.07. The van der Waals surface area contributed by atoms with Crippen molar-refractivity contribution in [1.82, 2.24) is 4.98 Å². The first-order valence-electron chi connectivity index (χ1n) is 6.29. The molecular formula is C14H17FN2O2. The van der Waals surface area contributed by atoms with E-state index in [2.05, 4.69) is 18.8 Å². The molecule has 1 aliphatic heterocycles. The molecule has 0 spiro atoms. The Kier molecular flexibility index (Phi) is 3.83. The molecule has 1 aromatic heterocycles. The van der Waals surface area contributed by atoms with Crippen molar-refractivity contribution in [2.24, 2.45) is 0 Å². The van der Waals surface area contributed by atoms with E-state index in [0.29, 0.717) is 13.1 Å². The number of aromatic carboxylic acids is 1. The van der Waals surface area contributed by atoms with Crippen molar-refractivity contribution in [2.75, 3.05) is 18.0 Å². The van der Waals surface area contributed by atoms with Crippen LogP contribution >= 0.6 is 0 Å². The molecule has 1 aliphatic rings. The molecule has 1 N–H and O–H groups in total. The van der Waals surface area contributed by atoms with Crippen molar-refractivity contribution in [3.8, 4) is 0 Å². The number of pyridine rings is 1. The molecule has 2 heterocycles. The lowest BCUT2D eigenvalue weighted by Gasteiger charge is -2.30. The van der Waals surface area contributed by atoms with Gasteiger partial charge in [-0.15, -0.1) is 0 Å². The second kappa shape index (κ2) is 5.38. The molecule has 4 nitrogen and oxygen atoms in total. The highest BCUT2D eigenvalue weighted by Crippen LogP contribution is 2.26. The third-order valence-corrected chi connectivity index (χ3v) is 3.45. The van der Waals surface area contributed by atoms with Crippen LogP contribution in [0.15, 0.2) is 23.3 Å². The van der Waals surface area contributed by atoms with Gasteiger partial charge >= 0.3 is 5.97 Å². The Morgan fingerprint density at radius 2 is 1.95 bits per heavy atom. The van der Waals surface area contributed by atoms with Gasteiger partial charge in [-0.2, -0.15) is 4.39 Å². The number of hydrogen-bond donors (Lipinski definition) is 1. The van der Waals surface area contributed by atoms with Gasteiger partial charge < -0.3 is 10.0 Å². The minimum absolute atomic E-state index is 0.0575. The van der Waals surface area contributed by atoms with Gasteiger partial charge in [-0.05, 0) is 38.8 Å². The molecule has 1 saturated heterocycles. The lowest BCUT2D eigenvalue weighted by Crippen LogP contribution is -2.33. The van der Waals surface area contributed by atoms with Crippen LogP contribution in [0.2, 0.25) is 0 Å². The van der Waals surface area contributed by atoms with Crippen LogP contribution in [0.1, 0.15) is 37.0 Å². The summed E-state index contributed by atoms with van der Waals surface area (Å²) in [6, 6.07) is 2.36. The highest BCUT2D eigenvalue weighted by atomic mass is 19.1. The summed E-state index contributed by atoms with van der Waals surface area (Å²) < 4.78 is 13.2. The van der Waals surface area contributed by atoms with Gasteiger partial charge in [-0.3, -0.25) is 0 Å². The summed E-state index contributed by atoms with van der Waals surface area (Å²) in [5.74, 6) is -1.48. The Morgan fingerprint density at radius 3 is 2.47 bits per heavy atom. The molecule has 1 fully saturated rings. The molecule has 102 valence electrons. The highest BCUT2D eigenvalue weighted by Gasteiger charge is 2.22. The Bertz CT molecular complexity index is 526. The number of rotatable bonds is 2. The van der Waals surface area contributed by atoms with E-state index in [1.807, 2.05) is 4.90 Å². The average Bonchev–Trinajstić information content (AvgIpc) is 2.38. The van der Waals surface area contributed by atoms with E-state index < -0.39 is 11.9 Å². The summed E-state index contributed by atoms with van der Waals surface area (Å²) >= 11 is 0. The maximum Gasteiger partial charge on any atom is 0.339 e. The summed E-state index contributed by atoms with van der Waals surface area (Å²) in [4.78, 5) is 16.7. The summed E-state index contributed by atoms with van der Waals surface area (Å²) in [7, 11) is 0. The van der Waals surface area contributed by atoms with Gasteiger partial charge in [0.25, 0.3) is 0 Å². The third kappa shape index (κ3) is 2.92. The predicted molar refractivity (Wildman–Crippen MR) is 71.0 cm³/mol. The molecule has 0 aromatic carbocycles. The van der Waals surface area contributed by atoms with E-state index in [1.165, 1.54) is 17.2 Å². The molecule has 5 heteroatoms. The minimum Gasteiger partial charge on any atom is -0.478 e.